The molecule has 5 heteroatoms. The van der Waals surface area contributed by atoms with E-state index in [1.165, 1.54) is 5.56 Å². The van der Waals surface area contributed by atoms with Crippen molar-refractivity contribution in [2.45, 2.75) is 20.8 Å². The molecule has 0 fully saturated rings. The van der Waals surface area contributed by atoms with E-state index in [0.29, 0.717) is 5.75 Å². The van der Waals surface area contributed by atoms with Gasteiger partial charge in [-0.1, -0.05) is 35.9 Å². The van der Waals surface area contributed by atoms with E-state index in [-0.39, 0.29) is 12.5 Å². The molecule has 0 aliphatic rings. The van der Waals surface area contributed by atoms with Crippen molar-refractivity contribution in [3.63, 3.8) is 0 Å². The number of aryl methyl sites for hydroxylation is 3. The van der Waals surface area contributed by atoms with Crippen molar-refractivity contribution in [2.75, 3.05) is 6.61 Å². The number of hydrazone groups is 1. The van der Waals surface area contributed by atoms with Gasteiger partial charge in [-0.3, -0.25) is 4.79 Å². The Labute approximate surface area is 144 Å². The molecule has 0 saturated carbocycles. The molecule has 2 rings (SSSR count). The van der Waals surface area contributed by atoms with Crippen LogP contribution in [0, 0.1) is 20.8 Å². The Hall–Kier alpha value is -2.14. The number of carbonyl (C=O) groups is 1. The van der Waals surface area contributed by atoms with Crippen molar-refractivity contribution in [1.29, 1.82) is 0 Å². The molecule has 1 N–H and O–H groups in total. The van der Waals surface area contributed by atoms with Gasteiger partial charge in [-0.15, -0.1) is 0 Å². The summed E-state index contributed by atoms with van der Waals surface area (Å²) in [4.78, 5) is 11.8. The molecule has 0 aromatic heterocycles. The number of carbonyl (C=O) groups excluding carboxylic acids is 1. The number of benzene rings is 2. The number of nitrogens with one attached hydrogen (secondary N) is 1. The predicted molar refractivity (Wildman–Crippen MR) is 96.0 cm³/mol. The lowest BCUT2D eigenvalue weighted by Crippen LogP contribution is -2.24. The van der Waals surface area contributed by atoms with Gasteiger partial charge in [0.05, 0.1) is 10.7 Å². The van der Waals surface area contributed by atoms with Gasteiger partial charge in [0.2, 0.25) is 0 Å². The maximum Gasteiger partial charge on any atom is 0.277 e. The number of nitrogens with zero attached hydrogens (tertiary/aromatic N) is 1. The van der Waals surface area contributed by atoms with E-state index in [1.54, 1.807) is 6.21 Å². The van der Waals surface area contributed by atoms with E-state index in [4.69, 9.17) is 4.74 Å². The molecular weight excluding hydrogens is 356 g/mol. The Kier molecular flexibility index (Phi) is 5.93. The molecule has 0 spiro atoms. The lowest BCUT2D eigenvalue weighted by atomic mass is 10.1. The fourth-order valence-corrected chi connectivity index (χ4v) is 2.87. The molecule has 0 atom stereocenters. The Balaban J connectivity index is 1.87. The number of rotatable bonds is 5. The normalized spacial score (nSPS) is 10.8. The standard InChI is InChI=1S/C18H19BrN2O2/c1-12-4-6-15(7-5-12)10-20-21-17(22)11-23-18-14(3)8-13(2)9-16(18)19/h4-10H,11H2,1-3H3,(H,21,22). The largest absolute Gasteiger partial charge is 0.482 e. The monoisotopic (exact) mass is 374 g/mol. The topological polar surface area (TPSA) is 50.7 Å². The third-order valence-corrected chi connectivity index (χ3v) is 3.79. The van der Waals surface area contributed by atoms with Crippen LogP contribution in [0.3, 0.4) is 0 Å². The van der Waals surface area contributed by atoms with Crippen molar-refractivity contribution in [1.82, 2.24) is 5.43 Å². The van der Waals surface area contributed by atoms with E-state index in [1.807, 2.05) is 57.2 Å². The molecule has 4 nitrogen and oxygen atoms in total. The van der Waals surface area contributed by atoms with Gasteiger partial charge in [0, 0.05) is 0 Å². The Morgan fingerprint density at radius 2 is 1.87 bits per heavy atom. The smallest absolute Gasteiger partial charge is 0.277 e. The summed E-state index contributed by atoms with van der Waals surface area (Å²) in [6.45, 7) is 5.88. The maximum atomic E-state index is 11.8. The van der Waals surface area contributed by atoms with Crippen LogP contribution >= 0.6 is 15.9 Å². The minimum atomic E-state index is -0.305. The fraction of sp³-hybridized carbons (Fsp3) is 0.222. The average molecular weight is 375 g/mol. The molecule has 0 aliphatic heterocycles. The zero-order chi connectivity index (χ0) is 16.8. The predicted octanol–water partition coefficient (Wildman–Crippen LogP) is 3.90. The summed E-state index contributed by atoms with van der Waals surface area (Å²) in [5.41, 5.74) is 6.67. The highest BCUT2D eigenvalue weighted by atomic mass is 79.9. The zero-order valence-corrected chi connectivity index (χ0v) is 15.0. The summed E-state index contributed by atoms with van der Waals surface area (Å²) in [5, 5.41) is 3.93. The van der Waals surface area contributed by atoms with Gasteiger partial charge in [-0.05, 0) is 59.5 Å². The number of amides is 1. The number of hydrogen-bond donors (Lipinski definition) is 1. The highest BCUT2D eigenvalue weighted by Crippen LogP contribution is 2.29. The Morgan fingerprint density at radius 3 is 2.52 bits per heavy atom. The molecule has 120 valence electrons. The van der Waals surface area contributed by atoms with Crippen LogP contribution in [0.1, 0.15) is 22.3 Å². The molecule has 0 bridgehead atoms. The second-order valence-electron chi connectivity index (χ2n) is 5.39. The van der Waals surface area contributed by atoms with Gasteiger partial charge in [-0.25, -0.2) is 5.43 Å². The summed E-state index contributed by atoms with van der Waals surface area (Å²) in [6.07, 6.45) is 1.60. The first-order valence-corrected chi connectivity index (χ1v) is 8.03. The minimum Gasteiger partial charge on any atom is -0.482 e. The van der Waals surface area contributed by atoms with Crippen molar-refractivity contribution in [2.24, 2.45) is 5.10 Å². The van der Waals surface area contributed by atoms with Crippen LogP contribution in [0.25, 0.3) is 0 Å². The maximum absolute atomic E-state index is 11.8. The zero-order valence-electron chi connectivity index (χ0n) is 13.4. The second kappa shape index (κ2) is 7.92. The van der Waals surface area contributed by atoms with Gasteiger partial charge < -0.3 is 4.74 Å². The SMILES string of the molecule is Cc1ccc(C=NNC(=O)COc2c(C)cc(C)cc2Br)cc1. The molecule has 1 amide bonds. The van der Waals surface area contributed by atoms with Gasteiger partial charge >= 0.3 is 0 Å². The third kappa shape index (κ3) is 5.21. The average Bonchev–Trinajstić information content (AvgIpc) is 2.48. The van der Waals surface area contributed by atoms with Gasteiger partial charge in [0.25, 0.3) is 5.91 Å². The van der Waals surface area contributed by atoms with Crippen molar-refractivity contribution in [3.05, 3.63) is 63.1 Å². The third-order valence-electron chi connectivity index (χ3n) is 3.20. The first-order chi connectivity index (χ1) is 11.0. The molecule has 23 heavy (non-hydrogen) atoms. The molecule has 2 aromatic carbocycles. The van der Waals surface area contributed by atoms with E-state index in [2.05, 4.69) is 26.5 Å². The minimum absolute atomic E-state index is 0.0895. The first-order valence-electron chi connectivity index (χ1n) is 7.24. The van der Waals surface area contributed by atoms with Crippen LogP contribution in [0.4, 0.5) is 0 Å². The quantitative estimate of drug-likeness (QED) is 0.637. The van der Waals surface area contributed by atoms with Crippen LogP contribution in [-0.2, 0) is 4.79 Å². The molecule has 0 unspecified atom stereocenters. The van der Waals surface area contributed by atoms with E-state index in [0.717, 1.165) is 21.2 Å². The number of halogens is 1. The second-order valence-corrected chi connectivity index (χ2v) is 6.24. The Morgan fingerprint density at radius 1 is 1.17 bits per heavy atom. The van der Waals surface area contributed by atoms with E-state index < -0.39 is 0 Å². The van der Waals surface area contributed by atoms with E-state index >= 15 is 0 Å². The van der Waals surface area contributed by atoms with Gasteiger partial charge in [0.15, 0.2) is 6.61 Å². The Bertz CT molecular complexity index is 701. The lowest BCUT2D eigenvalue weighted by Gasteiger charge is -2.11. The summed E-state index contributed by atoms with van der Waals surface area (Å²) in [6, 6.07) is 11.8. The van der Waals surface area contributed by atoms with Crippen LogP contribution < -0.4 is 10.2 Å². The summed E-state index contributed by atoms with van der Waals surface area (Å²) >= 11 is 3.45. The molecule has 0 aliphatic carbocycles. The summed E-state index contributed by atoms with van der Waals surface area (Å²) < 4.78 is 6.41. The highest BCUT2D eigenvalue weighted by molar-refractivity contribution is 9.10. The molecule has 0 saturated heterocycles. The lowest BCUT2D eigenvalue weighted by molar-refractivity contribution is -0.123. The van der Waals surface area contributed by atoms with Crippen LogP contribution in [0.5, 0.6) is 5.75 Å². The van der Waals surface area contributed by atoms with Crippen molar-refractivity contribution in [3.8, 4) is 5.75 Å². The van der Waals surface area contributed by atoms with Crippen LogP contribution in [0.15, 0.2) is 46.0 Å². The summed E-state index contributed by atoms with van der Waals surface area (Å²) in [5.74, 6) is 0.369. The molecule has 2 aromatic rings. The van der Waals surface area contributed by atoms with Crippen molar-refractivity contribution >= 4 is 28.1 Å². The van der Waals surface area contributed by atoms with Crippen LogP contribution in [0.2, 0.25) is 0 Å². The number of hydrogen-bond acceptors (Lipinski definition) is 3. The van der Waals surface area contributed by atoms with Crippen LogP contribution in [-0.4, -0.2) is 18.7 Å². The van der Waals surface area contributed by atoms with Crippen molar-refractivity contribution < 1.29 is 9.53 Å². The number of ether oxygens (including phenoxy) is 1. The van der Waals surface area contributed by atoms with Gasteiger partial charge in [0.1, 0.15) is 5.75 Å². The van der Waals surface area contributed by atoms with E-state index in [9.17, 15) is 4.79 Å². The first kappa shape index (κ1) is 17.2. The molecule has 0 radical (unpaired) electrons. The fourth-order valence-electron chi connectivity index (χ4n) is 2.09. The highest BCUT2D eigenvalue weighted by Gasteiger charge is 2.08. The molecule has 0 heterocycles. The molecular formula is C18H19BrN2O2. The van der Waals surface area contributed by atoms with Gasteiger partial charge in [-0.2, -0.15) is 5.10 Å². The summed E-state index contributed by atoms with van der Waals surface area (Å²) in [7, 11) is 0.